The number of hydrogen-bond acceptors (Lipinski definition) is 5. The number of benzene rings is 2. The standard InChI is InChI=1S/C22H27N5O/c1-16-7-9-18(10-8-16)23-22(15-5-4-6-17(22)2)21-24-25-26-27(21)19-11-13-20(28-3)14-12-19/h7-14,17,23H,4-6,15H2,1-3H3/t17-,22+/m1/s1. The van der Waals surface area contributed by atoms with E-state index in [0.717, 1.165) is 42.2 Å². The highest BCUT2D eigenvalue weighted by Crippen LogP contribution is 2.43. The summed E-state index contributed by atoms with van der Waals surface area (Å²) in [5, 5.41) is 16.7. The molecular formula is C22H27N5O. The lowest BCUT2D eigenvalue weighted by Crippen LogP contribution is -2.46. The van der Waals surface area contributed by atoms with Gasteiger partial charge in [0.2, 0.25) is 0 Å². The minimum atomic E-state index is -0.309. The highest BCUT2D eigenvalue weighted by atomic mass is 16.5. The van der Waals surface area contributed by atoms with E-state index in [-0.39, 0.29) is 5.54 Å². The number of anilines is 1. The van der Waals surface area contributed by atoms with E-state index in [4.69, 9.17) is 4.74 Å². The van der Waals surface area contributed by atoms with Crippen molar-refractivity contribution in [3.63, 3.8) is 0 Å². The largest absolute Gasteiger partial charge is 0.497 e. The molecular weight excluding hydrogens is 350 g/mol. The van der Waals surface area contributed by atoms with Crippen LogP contribution < -0.4 is 10.1 Å². The van der Waals surface area contributed by atoms with Crippen LogP contribution in [0.2, 0.25) is 0 Å². The quantitative estimate of drug-likeness (QED) is 0.709. The molecule has 1 heterocycles. The van der Waals surface area contributed by atoms with Crippen molar-refractivity contribution < 1.29 is 4.74 Å². The zero-order valence-corrected chi connectivity index (χ0v) is 16.7. The molecule has 1 N–H and O–H groups in total. The number of nitrogens with zero attached hydrogens (tertiary/aromatic N) is 4. The van der Waals surface area contributed by atoms with Gasteiger partial charge in [0.25, 0.3) is 0 Å². The van der Waals surface area contributed by atoms with Gasteiger partial charge in [-0.3, -0.25) is 0 Å². The SMILES string of the molecule is COc1ccc(-n2nnnc2[C@]2(Nc3ccc(C)cc3)CCCC[C@H]2C)cc1. The van der Waals surface area contributed by atoms with Gasteiger partial charge in [-0.2, -0.15) is 4.68 Å². The Morgan fingerprint density at radius 1 is 1.07 bits per heavy atom. The van der Waals surface area contributed by atoms with Crippen LogP contribution in [0.1, 0.15) is 44.0 Å². The van der Waals surface area contributed by atoms with Crippen LogP contribution in [-0.4, -0.2) is 27.3 Å². The van der Waals surface area contributed by atoms with E-state index in [0.29, 0.717) is 5.92 Å². The number of tetrazole rings is 1. The normalized spacial score (nSPS) is 22.0. The molecule has 2 atom stereocenters. The fraction of sp³-hybridized carbons (Fsp3) is 0.409. The first-order chi connectivity index (χ1) is 13.6. The van der Waals surface area contributed by atoms with Gasteiger partial charge < -0.3 is 10.1 Å². The molecule has 4 rings (SSSR count). The Morgan fingerprint density at radius 2 is 1.82 bits per heavy atom. The van der Waals surface area contributed by atoms with Crippen molar-refractivity contribution in [1.82, 2.24) is 20.2 Å². The van der Waals surface area contributed by atoms with Gasteiger partial charge in [0.15, 0.2) is 5.82 Å². The van der Waals surface area contributed by atoms with E-state index in [1.165, 1.54) is 12.0 Å². The van der Waals surface area contributed by atoms with Gasteiger partial charge in [-0.15, -0.1) is 5.10 Å². The molecule has 1 saturated carbocycles. The topological polar surface area (TPSA) is 64.9 Å². The molecule has 6 heteroatoms. The van der Waals surface area contributed by atoms with Crippen LogP contribution in [0.4, 0.5) is 5.69 Å². The molecule has 1 fully saturated rings. The predicted molar refractivity (Wildman–Crippen MR) is 110 cm³/mol. The number of aromatic nitrogens is 4. The van der Waals surface area contributed by atoms with E-state index in [2.05, 4.69) is 59.0 Å². The maximum Gasteiger partial charge on any atom is 0.182 e. The molecule has 0 spiro atoms. The molecule has 0 amide bonds. The third-order valence-electron chi connectivity index (χ3n) is 5.90. The van der Waals surface area contributed by atoms with Crippen molar-refractivity contribution in [3.05, 3.63) is 59.9 Å². The lowest BCUT2D eigenvalue weighted by atomic mass is 9.72. The second-order valence-electron chi connectivity index (χ2n) is 7.72. The molecule has 0 aliphatic heterocycles. The average Bonchev–Trinajstić information content (AvgIpc) is 3.22. The minimum absolute atomic E-state index is 0.309. The van der Waals surface area contributed by atoms with Crippen LogP contribution in [0.5, 0.6) is 5.75 Å². The van der Waals surface area contributed by atoms with Gasteiger partial charge in [-0.1, -0.05) is 37.5 Å². The number of aryl methyl sites for hydroxylation is 1. The number of nitrogens with one attached hydrogen (secondary N) is 1. The fourth-order valence-corrected chi connectivity index (χ4v) is 4.18. The van der Waals surface area contributed by atoms with Crippen LogP contribution in [-0.2, 0) is 5.54 Å². The Bertz CT molecular complexity index is 919. The van der Waals surface area contributed by atoms with Crippen LogP contribution in [0.3, 0.4) is 0 Å². The lowest BCUT2D eigenvalue weighted by molar-refractivity contribution is 0.215. The Balaban J connectivity index is 1.77. The lowest BCUT2D eigenvalue weighted by Gasteiger charge is -2.42. The van der Waals surface area contributed by atoms with Crippen molar-refractivity contribution >= 4 is 5.69 Å². The van der Waals surface area contributed by atoms with E-state index < -0.39 is 0 Å². The van der Waals surface area contributed by atoms with E-state index >= 15 is 0 Å². The molecule has 0 unspecified atom stereocenters. The molecule has 1 aliphatic rings. The minimum Gasteiger partial charge on any atom is -0.497 e. The molecule has 1 aromatic heterocycles. The van der Waals surface area contributed by atoms with Gasteiger partial charge in [0.1, 0.15) is 11.3 Å². The van der Waals surface area contributed by atoms with Crippen molar-refractivity contribution in [2.45, 2.75) is 45.1 Å². The van der Waals surface area contributed by atoms with Crippen molar-refractivity contribution in [1.29, 1.82) is 0 Å². The van der Waals surface area contributed by atoms with Crippen LogP contribution >= 0.6 is 0 Å². The Morgan fingerprint density at radius 3 is 2.50 bits per heavy atom. The van der Waals surface area contributed by atoms with Gasteiger partial charge in [0.05, 0.1) is 12.8 Å². The third-order valence-corrected chi connectivity index (χ3v) is 5.90. The second-order valence-corrected chi connectivity index (χ2v) is 7.72. The van der Waals surface area contributed by atoms with Crippen molar-refractivity contribution in [3.8, 4) is 11.4 Å². The molecule has 3 aromatic rings. The van der Waals surface area contributed by atoms with Crippen LogP contribution in [0, 0.1) is 12.8 Å². The average molecular weight is 377 g/mol. The highest BCUT2D eigenvalue weighted by molar-refractivity contribution is 5.49. The van der Waals surface area contributed by atoms with Gasteiger partial charge in [-0.05, 0) is 72.5 Å². The monoisotopic (exact) mass is 377 g/mol. The smallest absolute Gasteiger partial charge is 0.182 e. The first-order valence-electron chi connectivity index (χ1n) is 9.90. The maximum absolute atomic E-state index is 5.29. The van der Waals surface area contributed by atoms with Crippen LogP contribution in [0.25, 0.3) is 5.69 Å². The first kappa shape index (κ1) is 18.5. The summed E-state index contributed by atoms with van der Waals surface area (Å²) in [6.45, 7) is 4.40. The summed E-state index contributed by atoms with van der Waals surface area (Å²) in [6, 6.07) is 16.4. The summed E-state index contributed by atoms with van der Waals surface area (Å²) in [6.07, 6.45) is 4.54. The summed E-state index contributed by atoms with van der Waals surface area (Å²) in [5.41, 5.74) is 2.98. The molecule has 0 saturated heterocycles. The number of rotatable bonds is 5. The molecule has 0 radical (unpaired) electrons. The van der Waals surface area contributed by atoms with Gasteiger partial charge in [-0.25, -0.2) is 0 Å². The molecule has 146 valence electrons. The highest BCUT2D eigenvalue weighted by Gasteiger charge is 2.44. The zero-order valence-electron chi connectivity index (χ0n) is 16.7. The summed E-state index contributed by atoms with van der Waals surface area (Å²) in [5.74, 6) is 2.09. The molecule has 28 heavy (non-hydrogen) atoms. The first-order valence-corrected chi connectivity index (χ1v) is 9.90. The van der Waals surface area contributed by atoms with Crippen LogP contribution in [0.15, 0.2) is 48.5 Å². The van der Waals surface area contributed by atoms with Gasteiger partial charge in [0, 0.05) is 5.69 Å². The molecule has 1 aliphatic carbocycles. The second kappa shape index (κ2) is 7.62. The van der Waals surface area contributed by atoms with E-state index in [9.17, 15) is 0 Å². The Hall–Kier alpha value is -2.89. The summed E-state index contributed by atoms with van der Waals surface area (Å²) >= 11 is 0. The zero-order chi connectivity index (χ0) is 19.6. The maximum atomic E-state index is 5.29. The predicted octanol–water partition coefficient (Wildman–Crippen LogP) is 4.50. The Kier molecular flexibility index (Phi) is 5.03. The van der Waals surface area contributed by atoms with Crippen molar-refractivity contribution in [2.75, 3.05) is 12.4 Å². The summed E-state index contributed by atoms with van der Waals surface area (Å²) in [7, 11) is 1.67. The molecule has 6 nitrogen and oxygen atoms in total. The van der Waals surface area contributed by atoms with Crippen molar-refractivity contribution in [2.24, 2.45) is 5.92 Å². The number of hydrogen-bond donors (Lipinski definition) is 1. The summed E-state index contributed by atoms with van der Waals surface area (Å²) < 4.78 is 7.15. The van der Waals surface area contributed by atoms with E-state index in [1.807, 2.05) is 28.9 Å². The number of ether oxygens (including phenoxy) is 1. The molecule has 2 aromatic carbocycles. The summed E-state index contributed by atoms with van der Waals surface area (Å²) in [4.78, 5) is 0. The van der Waals surface area contributed by atoms with Gasteiger partial charge >= 0.3 is 0 Å². The fourth-order valence-electron chi connectivity index (χ4n) is 4.18. The Labute approximate surface area is 165 Å². The van der Waals surface area contributed by atoms with E-state index in [1.54, 1.807) is 7.11 Å². The number of methoxy groups -OCH3 is 1. The molecule has 0 bridgehead atoms. The third kappa shape index (κ3) is 3.35.